The number of benzene rings is 2. The quantitative estimate of drug-likeness (QED) is 0.709. The van der Waals surface area contributed by atoms with Crippen LogP contribution in [-0.4, -0.2) is 16.1 Å². The number of fused-ring (bicyclic) bond motifs is 2. The van der Waals surface area contributed by atoms with Gasteiger partial charge in [-0.2, -0.15) is 5.10 Å². The number of amides is 1. The second-order valence-corrected chi connectivity index (χ2v) is 5.07. The molecule has 0 bridgehead atoms. The van der Waals surface area contributed by atoms with E-state index >= 15 is 0 Å². The van der Waals surface area contributed by atoms with Gasteiger partial charge < -0.3 is 5.32 Å². The third-order valence-corrected chi connectivity index (χ3v) is 3.90. The Balaban J connectivity index is 1.94. The Morgan fingerprint density at radius 3 is 2.85 bits per heavy atom. The van der Waals surface area contributed by atoms with Crippen LogP contribution in [0.5, 0.6) is 0 Å². The summed E-state index contributed by atoms with van der Waals surface area (Å²) in [6.45, 7) is 0. The van der Waals surface area contributed by atoms with Gasteiger partial charge in [0.1, 0.15) is 5.82 Å². The molecular formula is C16H13N3O. The smallest absolute Gasteiger partial charge is 0.226 e. The van der Waals surface area contributed by atoms with Gasteiger partial charge in [0.05, 0.1) is 6.20 Å². The summed E-state index contributed by atoms with van der Waals surface area (Å²) in [4.78, 5) is 11.9. The molecule has 2 aromatic carbocycles. The van der Waals surface area contributed by atoms with Crippen LogP contribution in [0.15, 0.2) is 48.7 Å². The Labute approximate surface area is 115 Å². The van der Waals surface area contributed by atoms with E-state index in [4.69, 9.17) is 0 Å². The van der Waals surface area contributed by atoms with Crippen LogP contribution in [-0.2, 0) is 4.79 Å². The minimum atomic E-state index is 0.0275. The lowest BCUT2D eigenvalue weighted by Gasteiger charge is -2.23. The van der Waals surface area contributed by atoms with E-state index in [1.54, 1.807) is 6.20 Å². The van der Waals surface area contributed by atoms with E-state index in [9.17, 15) is 4.79 Å². The van der Waals surface area contributed by atoms with Crippen molar-refractivity contribution in [2.45, 2.75) is 12.3 Å². The van der Waals surface area contributed by atoms with Crippen molar-refractivity contribution in [1.29, 1.82) is 0 Å². The monoisotopic (exact) mass is 263 g/mol. The van der Waals surface area contributed by atoms with Crippen LogP contribution in [0.25, 0.3) is 10.8 Å². The second kappa shape index (κ2) is 4.20. The van der Waals surface area contributed by atoms with Gasteiger partial charge in [-0.1, -0.05) is 42.5 Å². The maximum absolute atomic E-state index is 11.9. The number of nitrogens with zero attached hydrogens (tertiary/aromatic N) is 1. The molecule has 4 heteroatoms. The average molecular weight is 263 g/mol. The zero-order valence-electron chi connectivity index (χ0n) is 10.8. The van der Waals surface area contributed by atoms with Crippen LogP contribution in [0.1, 0.15) is 23.5 Å². The number of carbonyl (C=O) groups is 1. The van der Waals surface area contributed by atoms with Gasteiger partial charge in [-0.05, 0) is 16.3 Å². The van der Waals surface area contributed by atoms with Gasteiger partial charge in [0, 0.05) is 17.9 Å². The summed E-state index contributed by atoms with van der Waals surface area (Å²) in [5.41, 5.74) is 2.24. The lowest BCUT2D eigenvalue weighted by molar-refractivity contribution is -0.116. The van der Waals surface area contributed by atoms with Crippen molar-refractivity contribution in [1.82, 2.24) is 10.2 Å². The number of aromatic amines is 1. The Bertz CT molecular complexity index is 801. The molecule has 2 N–H and O–H groups in total. The molecule has 0 radical (unpaired) electrons. The number of hydrogen-bond acceptors (Lipinski definition) is 2. The van der Waals surface area contributed by atoms with Crippen molar-refractivity contribution in [2.75, 3.05) is 5.32 Å². The van der Waals surface area contributed by atoms with Crippen LogP contribution in [0.4, 0.5) is 5.82 Å². The predicted molar refractivity (Wildman–Crippen MR) is 77.6 cm³/mol. The molecule has 4 rings (SSSR count). The van der Waals surface area contributed by atoms with Crippen molar-refractivity contribution < 1.29 is 4.79 Å². The normalized spacial score (nSPS) is 17.8. The summed E-state index contributed by atoms with van der Waals surface area (Å²) in [5, 5.41) is 12.1. The van der Waals surface area contributed by atoms with Crippen molar-refractivity contribution in [3.8, 4) is 0 Å². The van der Waals surface area contributed by atoms with Crippen LogP contribution in [0, 0.1) is 0 Å². The van der Waals surface area contributed by atoms with Gasteiger partial charge >= 0.3 is 0 Å². The highest BCUT2D eigenvalue weighted by Gasteiger charge is 2.28. The molecule has 98 valence electrons. The van der Waals surface area contributed by atoms with Crippen molar-refractivity contribution in [2.24, 2.45) is 0 Å². The number of H-pyrrole nitrogens is 1. The molecule has 1 aliphatic rings. The molecule has 2 heterocycles. The van der Waals surface area contributed by atoms with E-state index in [1.165, 1.54) is 16.3 Å². The first kappa shape index (κ1) is 11.2. The molecule has 3 aromatic rings. The molecule has 0 saturated carbocycles. The minimum absolute atomic E-state index is 0.0275. The number of nitrogens with one attached hydrogen (secondary N) is 2. The zero-order chi connectivity index (χ0) is 13.5. The fraction of sp³-hybridized carbons (Fsp3) is 0.125. The standard InChI is InChI=1S/C16H13N3O/c20-15-8-13(14-9-17-19-16(14)18-15)12-7-3-5-10-4-1-2-6-11(10)12/h1-7,9,13H,8H2,(H2,17,18,19,20)/t13-/m0/s1. The number of carbonyl (C=O) groups excluding carboxylic acids is 1. The number of aromatic nitrogens is 2. The Kier molecular flexibility index (Phi) is 2.36. The molecule has 0 fully saturated rings. The van der Waals surface area contributed by atoms with Crippen LogP contribution in [0.3, 0.4) is 0 Å². The second-order valence-electron chi connectivity index (χ2n) is 5.07. The van der Waals surface area contributed by atoms with Gasteiger partial charge in [0.15, 0.2) is 0 Å². The first-order valence-electron chi connectivity index (χ1n) is 6.64. The summed E-state index contributed by atoms with van der Waals surface area (Å²) >= 11 is 0. The van der Waals surface area contributed by atoms with E-state index in [1.807, 2.05) is 18.2 Å². The zero-order valence-corrected chi connectivity index (χ0v) is 10.8. The third-order valence-electron chi connectivity index (χ3n) is 3.90. The number of hydrogen-bond donors (Lipinski definition) is 2. The van der Waals surface area contributed by atoms with Gasteiger partial charge in [0.2, 0.25) is 5.91 Å². The summed E-state index contributed by atoms with van der Waals surface area (Å²) in [6.07, 6.45) is 2.27. The molecule has 0 saturated heterocycles. The lowest BCUT2D eigenvalue weighted by atomic mass is 9.85. The van der Waals surface area contributed by atoms with Gasteiger partial charge in [0.25, 0.3) is 0 Å². The van der Waals surface area contributed by atoms with Crippen molar-refractivity contribution in [3.05, 3.63) is 59.8 Å². The highest BCUT2D eigenvalue weighted by Crippen LogP contribution is 2.38. The lowest BCUT2D eigenvalue weighted by Crippen LogP contribution is -2.23. The minimum Gasteiger partial charge on any atom is -0.311 e. The molecule has 0 spiro atoms. The van der Waals surface area contributed by atoms with Gasteiger partial charge in [-0.3, -0.25) is 9.89 Å². The number of anilines is 1. The maximum atomic E-state index is 11.9. The number of rotatable bonds is 1. The largest absolute Gasteiger partial charge is 0.311 e. The Morgan fingerprint density at radius 2 is 1.90 bits per heavy atom. The summed E-state index contributed by atoms with van der Waals surface area (Å²) in [7, 11) is 0. The van der Waals surface area contributed by atoms with Crippen molar-refractivity contribution >= 4 is 22.5 Å². The molecular weight excluding hydrogens is 250 g/mol. The molecule has 1 amide bonds. The van der Waals surface area contributed by atoms with Crippen molar-refractivity contribution in [3.63, 3.8) is 0 Å². The molecule has 1 atom stereocenters. The molecule has 1 aliphatic heterocycles. The SMILES string of the molecule is O=C1C[C@@H](c2cccc3ccccc23)c2cn[nH]c2N1. The highest BCUT2D eigenvalue weighted by atomic mass is 16.1. The predicted octanol–water partition coefficient (Wildman–Crippen LogP) is 3.04. The van der Waals surface area contributed by atoms with E-state index < -0.39 is 0 Å². The fourth-order valence-corrected chi connectivity index (χ4v) is 2.98. The van der Waals surface area contributed by atoms with Crippen LogP contribution in [0.2, 0.25) is 0 Å². The van der Waals surface area contributed by atoms with E-state index in [2.05, 4.69) is 39.8 Å². The van der Waals surface area contributed by atoms with E-state index in [0.717, 1.165) is 11.4 Å². The first-order valence-corrected chi connectivity index (χ1v) is 6.64. The Hall–Kier alpha value is -2.62. The molecule has 0 unspecified atom stereocenters. The average Bonchev–Trinajstić information content (AvgIpc) is 2.94. The molecule has 20 heavy (non-hydrogen) atoms. The van der Waals surface area contributed by atoms with E-state index in [-0.39, 0.29) is 11.8 Å². The maximum Gasteiger partial charge on any atom is 0.226 e. The molecule has 1 aromatic heterocycles. The van der Waals surface area contributed by atoms with Crippen LogP contribution >= 0.6 is 0 Å². The summed E-state index contributed by atoms with van der Waals surface area (Å²) < 4.78 is 0. The molecule has 0 aliphatic carbocycles. The fourth-order valence-electron chi connectivity index (χ4n) is 2.98. The van der Waals surface area contributed by atoms with Crippen LogP contribution < -0.4 is 5.32 Å². The summed E-state index contributed by atoms with van der Waals surface area (Å²) in [5.74, 6) is 0.808. The summed E-state index contributed by atoms with van der Waals surface area (Å²) in [6, 6.07) is 14.5. The highest BCUT2D eigenvalue weighted by molar-refractivity contribution is 5.95. The topological polar surface area (TPSA) is 57.8 Å². The third kappa shape index (κ3) is 1.61. The van der Waals surface area contributed by atoms with Gasteiger partial charge in [-0.15, -0.1) is 0 Å². The first-order chi connectivity index (χ1) is 9.83. The van der Waals surface area contributed by atoms with E-state index in [0.29, 0.717) is 6.42 Å². The Morgan fingerprint density at radius 1 is 1.05 bits per heavy atom. The molecule has 4 nitrogen and oxygen atoms in total. The van der Waals surface area contributed by atoms with Gasteiger partial charge in [-0.25, -0.2) is 0 Å².